The number of piperidine rings is 1. The van der Waals surface area contributed by atoms with Gasteiger partial charge < -0.3 is 15.2 Å². The van der Waals surface area contributed by atoms with Crippen molar-refractivity contribution in [2.45, 2.75) is 32.2 Å². The van der Waals surface area contributed by atoms with Crippen molar-refractivity contribution in [3.8, 4) is 11.3 Å². The van der Waals surface area contributed by atoms with E-state index in [9.17, 15) is 9.59 Å². The molecule has 3 rings (SSSR count). The minimum atomic E-state index is 0.0254. The third-order valence-corrected chi connectivity index (χ3v) is 4.47. The van der Waals surface area contributed by atoms with Crippen LogP contribution in [0.3, 0.4) is 0 Å². The normalized spacial score (nSPS) is 15.3. The molecule has 126 valence electrons. The molecule has 1 saturated heterocycles. The average Bonchev–Trinajstić information content (AvgIpc) is 3.12. The quantitative estimate of drug-likeness (QED) is 0.908. The van der Waals surface area contributed by atoms with Crippen LogP contribution >= 0.6 is 0 Å². The zero-order valence-corrected chi connectivity index (χ0v) is 13.9. The summed E-state index contributed by atoms with van der Waals surface area (Å²) in [6.07, 6.45) is 2.12. The molecule has 0 unspecified atom stereocenters. The molecule has 1 fully saturated rings. The Morgan fingerprint density at radius 1 is 1.12 bits per heavy atom. The highest BCUT2D eigenvalue weighted by Crippen LogP contribution is 2.20. The Kier molecular flexibility index (Phi) is 4.99. The first-order valence-electron chi connectivity index (χ1n) is 8.50. The first kappa shape index (κ1) is 16.3. The lowest BCUT2D eigenvalue weighted by molar-refractivity contribution is -0.121. The molecule has 1 aromatic heterocycles. The molecule has 0 spiro atoms. The number of benzene rings is 1. The molecule has 0 radical (unpaired) electrons. The molecule has 2 heterocycles. The van der Waals surface area contributed by atoms with Gasteiger partial charge in [-0.05, 0) is 30.5 Å². The molecule has 0 bridgehead atoms. The molecule has 1 aliphatic heterocycles. The van der Waals surface area contributed by atoms with E-state index in [1.165, 1.54) is 0 Å². The van der Waals surface area contributed by atoms with Gasteiger partial charge in [0, 0.05) is 31.2 Å². The van der Waals surface area contributed by atoms with Crippen molar-refractivity contribution in [1.29, 1.82) is 0 Å². The van der Waals surface area contributed by atoms with Crippen LogP contribution in [0, 0.1) is 0 Å². The first-order chi connectivity index (χ1) is 11.7. The van der Waals surface area contributed by atoms with Crippen molar-refractivity contribution in [1.82, 2.24) is 15.2 Å². The predicted molar refractivity (Wildman–Crippen MR) is 93.6 cm³/mol. The molecule has 2 N–H and O–H groups in total. The summed E-state index contributed by atoms with van der Waals surface area (Å²) < 4.78 is 0. The van der Waals surface area contributed by atoms with Crippen molar-refractivity contribution in [3.63, 3.8) is 0 Å². The highest BCUT2D eigenvalue weighted by molar-refractivity contribution is 5.93. The second kappa shape index (κ2) is 7.34. The van der Waals surface area contributed by atoms with Crippen molar-refractivity contribution in [3.05, 3.63) is 48.2 Å². The van der Waals surface area contributed by atoms with Crippen LogP contribution in [0.2, 0.25) is 0 Å². The summed E-state index contributed by atoms with van der Waals surface area (Å²) >= 11 is 0. The predicted octanol–water partition coefficient (Wildman–Crippen LogP) is 2.81. The Balaban J connectivity index is 1.60. The molecule has 5 heteroatoms. The number of carbonyl (C=O) groups excluding carboxylic acids is 2. The van der Waals surface area contributed by atoms with Gasteiger partial charge in [-0.3, -0.25) is 9.59 Å². The number of hydrogen-bond donors (Lipinski definition) is 2. The fourth-order valence-corrected chi connectivity index (χ4v) is 3.03. The second-order valence-electron chi connectivity index (χ2n) is 6.14. The van der Waals surface area contributed by atoms with Gasteiger partial charge in [-0.1, -0.05) is 37.3 Å². The number of likely N-dealkylation sites (tertiary alicyclic amines) is 1. The van der Waals surface area contributed by atoms with Crippen molar-refractivity contribution in [2.24, 2.45) is 0 Å². The van der Waals surface area contributed by atoms with E-state index in [-0.39, 0.29) is 17.9 Å². The van der Waals surface area contributed by atoms with Gasteiger partial charge in [0.15, 0.2) is 0 Å². The van der Waals surface area contributed by atoms with E-state index in [1.54, 1.807) is 0 Å². The van der Waals surface area contributed by atoms with Crippen molar-refractivity contribution < 1.29 is 9.59 Å². The summed E-state index contributed by atoms with van der Waals surface area (Å²) in [7, 11) is 0. The summed E-state index contributed by atoms with van der Waals surface area (Å²) in [5.74, 6) is 0.106. The Morgan fingerprint density at radius 2 is 1.83 bits per heavy atom. The molecule has 1 aromatic carbocycles. The Labute approximate surface area is 142 Å². The minimum absolute atomic E-state index is 0.0254. The lowest BCUT2D eigenvalue weighted by Crippen LogP contribution is -2.46. The molecule has 1 aliphatic rings. The number of nitrogens with zero attached hydrogens (tertiary/aromatic N) is 1. The summed E-state index contributed by atoms with van der Waals surface area (Å²) in [4.78, 5) is 29.2. The fraction of sp³-hybridized carbons (Fsp3) is 0.368. The van der Waals surface area contributed by atoms with Crippen LogP contribution in [0.15, 0.2) is 42.5 Å². The summed E-state index contributed by atoms with van der Waals surface area (Å²) in [5, 5.41) is 3.01. The van der Waals surface area contributed by atoms with Gasteiger partial charge >= 0.3 is 0 Å². The van der Waals surface area contributed by atoms with E-state index in [2.05, 4.69) is 10.3 Å². The van der Waals surface area contributed by atoms with Crippen LogP contribution in [0.5, 0.6) is 0 Å². The van der Waals surface area contributed by atoms with Crippen LogP contribution < -0.4 is 5.32 Å². The highest BCUT2D eigenvalue weighted by Gasteiger charge is 2.25. The SMILES string of the molecule is CCC(=O)NC1CCN(C(=O)c2ccc(-c3ccccc3)[nH]2)CC1. The van der Waals surface area contributed by atoms with E-state index in [1.807, 2.05) is 54.3 Å². The van der Waals surface area contributed by atoms with Crippen molar-refractivity contribution >= 4 is 11.8 Å². The Bertz CT molecular complexity index is 700. The third-order valence-electron chi connectivity index (χ3n) is 4.47. The Hall–Kier alpha value is -2.56. The average molecular weight is 325 g/mol. The topological polar surface area (TPSA) is 65.2 Å². The molecule has 2 amide bonds. The smallest absolute Gasteiger partial charge is 0.270 e. The van der Waals surface area contributed by atoms with E-state index >= 15 is 0 Å². The van der Waals surface area contributed by atoms with Gasteiger partial charge in [-0.25, -0.2) is 0 Å². The number of carbonyl (C=O) groups is 2. The molecular weight excluding hydrogens is 302 g/mol. The highest BCUT2D eigenvalue weighted by atomic mass is 16.2. The zero-order valence-electron chi connectivity index (χ0n) is 13.9. The standard InChI is InChI=1S/C19H23N3O2/c1-2-18(23)20-15-10-12-22(13-11-15)19(24)17-9-8-16(21-17)14-6-4-3-5-7-14/h3-9,15,21H,2,10-13H2,1H3,(H,20,23). The molecule has 2 aromatic rings. The van der Waals surface area contributed by atoms with Gasteiger partial charge in [0.25, 0.3) is 5.91 Å². The van der Waals surface area contributed by atoms with Gasteiger partial charge in [-0.2, -0.15) is 0 Å². The largest absolute Gasteiger partial charge is 0.353 e. The van der Waals surface area contributed by atoms with Gasteiger partial charge in [0.2, 0.25) is 5.91 Å². The molecule has 0 aliphatic carbocycles. The van der Waals surface area contributed by atoms with Crippen LogP contribution in [-0.4, -0.2) is 40.8 Å². The number of nitrogens with one attached hydrogen (secondary N) is 2. The van der Waals surface area contributed by atoms with Gasteiger partial charge in [0.05, 0.1) is 0 Å². The van der Waals surface area contributed by atoms with E-state index in [0.717, 1.165) is 24.1 Å². The molecule has 5 nitrogen and oxygen atoms in total. The minimum Gasteiger partial charge on any atom is -0.353 e. The molecule has 0 saturated carbocycles. The third kappa shape index (κ3) is 3.67. The maximum absolute atomic E-state index is 12.6. The zero-order chi connectivity index (χ0) is 16.9. The number of aromatic amines is 1. The van der Waals surface area contributed by atoms with Crippen LogP contribution in [-0.2, 0) is 4.79 Å². The van der Waals surface area contributed by atoms with E-state index < -0.39 is 0 Å². The molecule has 0 atom stereocenters. The molecule has 24 heavy (non-hydrogen) atoms. The summed E-state index contributed by atoms with van der Waals surface area (Å²) in [6.45, 7) is 3.20. The van der Waals surface area contributed by atoms with E-state index in [4.69, 9.17) is 0 Å². The maximum Gasteiger partial charge on any atom is 0.270 e. The summed E-state index contributed by atoms with van der Waals surface area (Å²) in [6, 6.07) is 13.9. The monoisotopic (exact) mass is 325 g/mol. The number of aromatic nitrogens is 1. The number of rotatable bonds is 4. The maximum atomic E-state index is 12.6. The van der Waals surface area contributed by atoms with Crippen LogP contribution in [0.1, 0.15) is 36.7 Å². The molecular formula is C19H23N3O2. The number of H-pyrrole nitrogens is 1. The van der Waals surface area contributed by atoms with E-state index in [0.29, 0.717) is 25.2 Å². The lowest BCUT2D eigenvalue weighted by atomic mass is 10.0. The van der Waals surface area contributed by atoms with Crippen molar-refractivity contribution in [2.75, 3.05) is 13.1 Å². The van der Waals surface area contributed by atoms with Gasteiger partial charge in [-0.15, -0.1) is 0 Å². The number of hydrogen-bond acceptors (Lipinski definition) is 2. The summed E-state index contributed by atoms with van der Waals surface area (Å²) in [5.41, 5.74) is 2.63. The van der Waals surface area contributed by atoms with Gasteiger partial charge in [0.1, 0.15) is 5.69 Å². The lowest BCUT2D eigenvalue weighted by Gasteiger charge is -2.32. The second-order valence-corrected chi connectivity index (χ2v) is 6.14. The van der Waals surface area contributed by atoms with Crippen LogP contribution in [0.4, 0.5) is 0 Å². The number of amides is 2. The Morgan fingerprint density at radius 3 is 2.50 bits per heavy atom. The fourth-order valence-electron chi connectivity index (χ4n) is 3.03. The first-order valence-corrected chi connectivity index (χ1v) is 8.50. The van der Waals surface area contributed by atoms with Crippen LogP contribution in [0.25, 0.3) is 11.3 Å².